The van der Waals surface area contributed by atoms with E-state index in [2.05, 4.69) is 46.3 Å². The van der Waals surface area contributed by atoms with Gasteiger partial charge in [-0.2, -0.15) is 23.5 Å². The largest absolute Gasteiger partial charge is 0.451 e. The van der Waals surface area contributed by atoms with Gasteiger partial charge in [0.25, 0.3) is 0 Å². The summed E-state index contributed by atoms with van der Waals surface area (Å²) >= 11 is 0. The molecule has 0 amide bonds. The minimum atomic E-state index is -4.69. The van der Waals surface area contributed by atoms with Crippen molar-refractivity contribution in [2.45, 2.75) is 62.5 Å². The second-order valence-electron chi connectivity index (χ2n) is 10.4. The van der Waals surface area contributed by atoms with Crippen molar-refractivity contribution in [1.82, 2.24) is 39.6 Å². The maximum atomic E-state index is 13.2. The predicted octanol–water partition coefficient (Wildman–Crippen LogP) is 3.47. The third-order valence-electron chi connectivity index (χ3n) is 7.93. The molecule has 0 unspecified atom stereocenters. The first-order valence-corrected chi connectivity index (χ1v) is 13.1. The normalized spacial score (nSPS) is 22.2. The first kappa shape index (κ1) is 26.1. The maximum absolute atomic E-state index is 13.2. The zero-order valence-corrected chi connectivity index (χ0v) is 21.4. The van der Waals surface area contributed by atoms with Gasteiger partial charge in [0.15, 0.2) is 0 Å². The van der Waals surface area contributed by atoms with Crippen molar-refractivity contribution in [2.24, 2.45) is 0 Å². The van der Waals surface area contributed by atoms with Crippen LogP contribution >= 0.6 is 0 Å². The Morgan fingerprint density at radius 3 is 2.73 bits per heavy atom. The van der Waals surface area contributed by atoms with E-state index in [0.717, 1.165) is 61.1 Å². The van der Waals surface area contributed by atoms with Crippen molar-refractivity contribution in [3.63, 3.8) is 0 Å². The van der Waals surface area contributed by atoms with Crippen LogP contribution in [0.4, 0.5) is 19.0 Å². The van der Waals surface area contributed by atoms with Crippen molar-refractivity contribution in [3.05, 3.63) is 48.6 Å². The molecule has 3 N–H and O–H groups in total. The lowest BCUT2D eigenvalue weighted by Crippen LogP contribution is -2.58. The number of halogens is 3. The molecule has 6 rings (SSSR count). The van der Waals surface area contributed by atoms with Gasteiger partial charge >= 0.3 is 6.18 Å². The quantitative estimate of drug-likeness (QED) is 0.314. The van der Waals surface area contributed by atoms with Gasteiger partial charge in [-0.05, 0) is 31.7 Å². The molecule has 1 aliphatic heterocycles. The minimum Gasteiger partial charge on any atom is -0.390 e. The molecule has 5 heterocycles. The fraction of sp³-hybridized carbons (Fsp3) is 0.462. The molecule has 1 aliphatic carbocycles. The third kappa shape index (κ3) is 4.86. The highest BCUT2D eigenvalue weighted by Crippen LogP contribution is 2.45. The number of nitrogens with zero attached hydrogens (tertiary/aromatic N) is 8. The Bertz CT molecular complexity index is 1540. The average molecular weight is 553 g/mol. The number of aliphatic hydroxyl groups excluding tert-OH is 1. The topological polar surface area (TPSA) is 144 Å². The SMILES string of the molecule is N#CC[C@]1(n2cc(-c3ncnc4[nH]ccc34)cn2)C[C@H](N2CCC(Nc3cc(CO)nc(C(F)(F)F)n3)CC2)C1. The summed E-state index contributed by atoms with van der Waals surface area (Å²) in [5.74, 6) is -1.20. The Balaban J connectivity index is 1.09. The van der Waals surface area contributed by atoms with Crippen molar-refractivity contribution in [2.75, 3.05) is 18.4 Å². The number of nitrogens with one attached hydrogen (secondary N) is 2. The van der Waals surface area contributed by atoms with Crippen molar-refractivity contribution in [1.29, 1.82) is 5.26 Å². The standard InChI is InChI=1S/C26H27F3N10O/c27-26(28,29)24-36-18(14-40)9-21(37-24)35-17-2-7-38(8-3-17)19-10-25(11-19,4-5-30)39-13-16(12-34-39)22-20-1-6-31-23(20)33-15-32-22/h1,6,9,12-13,15,17,19,40H,2-4,7-8,10-11,14H2,(H,31,32,33)(H,35,36,37)/t19-,25-. The van der Waals surface area contributed by atoms with E-state index in [9.17, 15) is 23.5 Å². The molecule has 0 atom stereocenters. The van der Waals surface area contributed by atoms with Gasteiger partial charge in [0.1, 0.15) is 17.8 Å². The highest BCUT2D eigenvalue weighted by atomic mass is 19.4. The summed E-state index contributed by atoms with van der Waals surface area (Å²) < 4.78 is 41.4. The second kappa shape index (κ2) is 10.1. The maximum Gasteiger partial charge on any atom is 0.451 e. The number of hydrogen-bond donors (Lipinski definition) is 3. The molecule has 14 heteroatoms. The molecule has 2 fully saturated rings. The van der Waals surface area contributed by atoms with Crippen molar-refractivity contribution in [3.8, 4) is 17.3 Å². The first-order valence-electron chi connectivity index (χ1n) is 13.1. The van der Waals surface area contributed by atoms with Gasteiger partial charge in [-0.25, -0.2) is 19.9 Å². The number of alkyl halides is 3. The number of aromatic amines is 1. The van der Waals surface area contributed by atoms with Crippen LogP contribution in [0.5, 0.6) is 0 Å². The molecule has 0 bridgehead atoms. The van der Waals surface area contributed by atoms with E-state index >= 15 is 0 Å². The van der Waals surface area contributed by atoms with E-state index in [1.54, 1.807) is 6.20 Å². The average Bonchev–Trinajstić information content (AvgIpc) is 3.61. The summed E-state index contributed by atoms with van der Waals surface area (Å²) in [5, 5.41) is 27.6. The number of nitriles is 1. The van der Waals surface area contributed by atoms with Crippen LogP contribution in [0.1, 0.15) is 43.6 Å². The van der Waals surface area contributed by atoms with Gasteiger partial charge in [0.05, 0.1) is 42.2 Å². The van der Waals surface area contributed by atoms with Crippen LogP contribution in [-0.2, 0) is 18.3 Å². The molecular weight excluding hydrogens is 525 g/mol. The molecule has 40 heavy (non-hydrogen) atoms. The van der Waals surface area contributed by atoms with Crippen LogP contribution in [0.25, 0.3) is 22.3 Å². The molecule has 0 aromatic carbocycles. The van der Waals surface area contributed by atoms with Crippen LogP contribution in [0.15, 0.2) is 37.1 Å². The van der Waals surface area contributed by atoms with Crippen LogP contribution in [0, 0.1) is 11.3 Å². The van der Waals surface area contributed by atoms with E-state index in [-0.39, 0.29) is 23.6 Å². The molecule has 2 aliphatic rings. The first-order chi connectivity index (χ1) is 19.3. The number of anilines is 1. The van der Waals surface area contributed by atoms with E-state index in [0.29, 0.717) is 6.42 Å². The van der Waals surface area contributed by atoms with Gasteiger partial charge < -0.3 is 20.3 Å². The number of rotatable bonds is 7. The second-order valence-corrected chi connectivity index (χ2v) is 10.4. The number of fused-ring (bicyclic) bond motifs is 1. The van der Waals surface area contributed by atoms with E-state index in [1.165, 1.54) is 12.4 Å². The fourth-order valence-corrected chi connectivity index (χ4v) is 5.84. The minimum absolute atomic E-state index is 0.0467. The van der Waals surface area contributed by atoms with E-state index in [1.807, 2.05) is 23.1 Å². The molecular formula is C26H27F3N10O. The van der Waals surface area contributed by atoms with Crippen LogP contribution < -0.4 is 5.32 Å². The molecule has 11 nitrogen and oxygen atoms in total. The number of likely N-dealkylation sites (tertiary alicyclic amines) is 1. The molecule has 1 saturated carbocycles. The summed E-state index contributed by atoms with van der Waals surface area (Å²) in [4.78, 5) is 21.2. The molecule has 0 spiro atoms. The van der Waals surface area contributed by atoms with Gasteiger partial charge in [-0.3, -0.25) is 4.68 Å². The van der Waals surface area contributed by atoms with Crippen LogP contribution in [-0.4, -0.2) is 69.9 Å². The Hall–Kier alpha value is -4.09. The zero-order chi connectivity index (χ0) is 27.9. The van der Waals surface area contributed by atoms with Gasteiger partial charge in [0.2, 0.25) is 5.82 Å². The Labute approximate surface area is 227 Å². The van der Waals surface area contributed by atoms with Crippen molar-refractivity contribution < 1.29 is 18.3 Å². The fourth-order valence-electron chi connectivity index (χ4n) is 5.84. The number of piperidine rings is 1. The molecule has 4 aromatic rings. The summed E-state index contributed by atoms with van der Waals surface area (Å²) in [6, 6.07) is 5.85. The summed E-state index contributed by atoms with van der Waals surface area (Å²) in [5.41, 5.74) is 1.92. The number of aliphatic hydroxyl groups is 1. The smallest absolute Gasteiger partial charge is 0.390 e. The molecule has 4 aromatic heterocycles. The Morgan fingerprint density at radius 2 is 2.00 bits per heavy atom. The lowest BCUT2D eigenvalue weighted by Gasteiger charge is -2.52. The van der Waals surface area contributed by atoms with E-state index < -0.39 is 24.1 Å². The summed E-state index contributed by atoms with van der Waals surface area (Å²) in [7, 11) is 0. The van der Waals surface area contributed by atoms with Gasteiger partial charge in [-0.15, -0.1) is 0 Å². The van der Waals surface area contributed by atoms with Crippen LogP contribution in [0.3, 0.4) is 0 Å². The Morgan fingerprint density at radius 1 is 1.20 bits per heavy atom. The lowest BCUT2D eigenvalue weighted by molar-refractivity contribution is -0.145. The van der Waals surface area contributed by atoms with Gasteiger partial charge in [-0.1, -0.05) is 0 Å². The van der Waals surface area contributed by atoms with Crippen LogP contribution in [0.2, 0.25) is 0 Å². The number of aromatic nitrogens is 7. The summed E-state index contributed by atoms with van der Waals surface area (Å²) in [6.07, 6.45) is 5.74. The highest BCUT2D eigenvalue weighted by Gasteiger charge is 2.49. The van der Waals surface area contributed by atoms with E-state index in [4.69, 9.17) is 0 Å². The van der Waals surface area contributed by atoms with Crippen molar-refractivity contribution >= 4 is 16.9 Å². The Kier molecular flexibility index (Phi) is 6.63. The molecule has 0 radical (unpaired) electrons. The van der Waals surface area contributed by atoms with Gasteiger partial charge in [0, 0.05) is 54.6 Å². The number of hydrogen-bond acceptors (Lipinski definition) is 9. The summed E-state index contributed by atoms with van der Waals surface area (Å²) in [6.45, 7) is 0.940. The highest BCUT2D eigenvalue weighted by molar-refractivity contribution is 5.90. The molecule has 208 valence electrons. The lowest BCUT2D eigenvalue weighted by atomic mass is 9.69. The predicted molar refractivity (Wildman–Crippen MR) is 138 cm³/mol. The molecule has 1 saturated heterocycles. The third-order valence-corrected chi connectivity index (χ3v) is 7.93. The number of H-pyrrole nitrogens is 1. The monoisotopic (exact) mass is 552 g/mol. The zero-order valence-electron chi connectivity index (χ0n) is 21.4.